The Morgan fingerprint density at radius 1 is 1.30 bits per heavy atom. The van der Waals surface area contributed by atoms with Crippen LogP contribution in [0.3, 0.4) is 0 Å². The summed E-state index contributed by atoms with van der Waals surface area (Å²) < 4.78 is 5.67. The molecule has 0 spiro atoms. The van der Waals surface area contributed by atoms with Crippen LogP contribution in [-0.4, -0.2) is 67.3 Å². The third-order valence-electron chi connectivity index (χ3n) is 3.63. The maximum atomic E-state index is 11.1. The molecule has 1 fully saturated rings. The second-order valence-electron chi connectivity index (χ2n) is 5.30. The van der Waals surface area contributed by atoms with E-state index >= 15 is 0 Å². The first-order chi connectivity index (χ1) is 9.56. The second-order valence-corrected chi connectivity index (χ2v) is 5.30. The molecular weight excluding hydrogens is 256 g/mol. The maximum absolute atomic E-state index is 11.1. The molecule has 0 saturated carbocycles. The summed E-state index contributed by atoms with van der Waals surface area (Å²) in [5, 5.41) is 9.14. The number of ether oxygens (including phenoxy) is 1. The number of hydrogen-bond donors (Lipinski definition) is 1. The lowest BCUT2D eigenvalue weighted by molar-refractivity contribution is 0.0691. The van der Waals surface area contributed by atoms with Crippen molar-refractivity contribution in [1.29, 1.82) is 0 Å². The number of aromatic carboxylic acids is 1. The Morgan fingerprint density at radius 2 is 2.00 bits per heavy atom. The van der Waals surface area contributed by atoms with E-state index in [4.69, 9.17) is 9.84 Å². The van der Waals surface area contributed by atoms with Crippen LogP contribution < -0.4 is 4.74 Å². The lowest BCUT2D eigenvalue weighted by Crippen LogP contribution is -2.45. The highest BCUT2D eigenvalue weighted by Gasteiger charge is 2.15. The fraction of sp³-hybridized carbons (Fsp3) is 0.533. The quantitative estimate of drug-likeness (QED) is 0.880. The minimum atomic E-state index is -0.945. The van der Waals surface area contributed by atoms with Crippen molar-refractivity contribution in [2.24, 2.45) is 0 Å². The molecule has 1 saturated heterocycles. The Bertz CT molecular complexity index is 468. The lowest BCUT2D eigenvalue weighted by atomic mass is 10.1. The highest BCUT2D eigenvalue weighted by molar-refractivity contribution is 5.90. The molecule has 1 aromatic carbocycles. The molecule has 1 aliphatic heterocycles. The summed E-state index contributed by atoms with van der Waals surface area (Å²) in [6, 6.07) is 5.17. The minimum absolute atomic E-state index is 0.231. The van der Waals surface area contributed by atoms with Crippen LogP contribution in [0.5, 0.6) is 5.75 Å². The zero-order chi connectivity index (χ0) is 14.5. The minimum Gasteiger partial charge on any atom is -0.491 e. The Morgan fingerprint density at radius 3 is 2.65 bits per heavy atom. The van der Waals surface area contributed by atoms with Crippen molar-refractivity contribution >= 4 is 5.97 Å². The van der Waals surface area contributed by atoms with Crippen LogP contribution in [0.25, 0.3) is 0 Å². The van der Waals surface area contributed by atoms with E-state index < -0.39 is 5.97 Å². The van der Waals surface area contributed by atoms with Crippen LogP contribution in [0.1, 0.15) is 15.9 Å². The Balaban J connectivity index is 1.87. The summed E-state index contributed by atoms with van der Waals surface area (Å²) in [6.45, 7) is 7.52. The first kappa shape index (κ1) is 14.8. The summed E-state index contributed by atoms with van der Waals surface area (Å²) in [5.74, 6) is -0.480. The number of likely N-dealkylation sites (N-methyl/N-ethyl adjacent to an activating group) is 1. The van der Waals surface area contributed by atoms with E-state index in [2.05, 4.69) is 16.8 Å². The van der Waals surface area contributed by atoms with Crippen LogP contribution in [0, 0.1) is 6.92 Å². The molecule has 0 aromatic heterocycles. The van der Waals surface area contributed by atoms with Gasteiger partial charge in [0.05, 0.1) is 0 Å². The number of nitrogens with zero attached hydrogens (tertiary/aromatic N) is 2. The van der Waals surface area contributed by atoms with Gasteiger partial charge in [0.2, 0.25) is 0 Å². The molecule has 0 unspecified atom stereocenters. The fourth-order valence-corrected chi connectivity index (χ4v) is 2.28. The van der Waals surface area contributed by atoms with Crippen LogP contribution in [0.4, 0.5) is 0 Å². The third kappa shape index (κ3) is 3.95. The molecule has 2 rings (SSSR count). The highest BCUT2D eigenvalue weighted by Crippen LogP contribution is 2.20. The van der Waals surface area contributed by atoms with Gasteiger partial charge in [-0.05, 0) is 31.7 Å². The molecule has 5 heteroatoms. The van der Waals surface area contributed by atoms with Gasteiger partial charge >= 0.3 is 5.97 Å². The molecule has 20 heavy (non-hydrogen) atoms. The number of carbonyl (C=O) groups is 1. The maximum Gasteiger partial charge on any atom is 0.339 e. The number of benzene rings is 1. The Hall–Kier alpha value is -1.59. The van der Waals surface area contributed by atoms with E-state index in [1.165, 1.54) is 0 Å². The molecule has 1 heterocycles. The number of piperazine rings is 1. The van der Waals surface area contributed by atoms with Gasteiger partial charge in [0, 0.05) is 32.7 Å². The van der Waals surface area contributed by atoms with Crippen LogP contribution in [-0.2, 0) is 0 Å². The van der Waals surface area contributed by atoms with Gasteiger partial charge in [-0.2, -0.15) is 0 Å². The van der Waals surface area contributed by atoms with Gasteiger partial charge in [0.25, 0.3) is 0 Å². The van der Waals surface area contributed by atoms with Gasteiger partial charge in [0.1, 0.15) is 17.9 Å². The van der Waals surface area contributed by atoms with Crippen molar-refractivity contribution in [2.75, 3.05) is 46.4 Å². The van der Waals surface area contributed by atoms with Crippen LogP contribution in [0.15, 0.2) is 18.2 Å². The molecule has 1 N–H and O–H groups in total. The topological polar surface area (TPSA) is 53.0 Å². The van der Waals surface area contributed by atoms with Crippen molar-refractivity contribution in [2.45, 2.75) is 6.92 Å². The van der Waals surface area contributed by atoms with Gasteiger partial charge in [-0.15, -0.1) is 0 Å². The molecule has 0 bridgehead atoms. The first-order valence-corrected chi connectivity index (χ1v) is 6.94. The summed E-state index contributed by atoms with van der Waals surface area (Å²) in [4.78, 5) is 15.8. The summed E-state index contributed by atoms with van der Waals surface area (Å²) in [7, 11) is 2.12. The largest absolute Gasteiger partial charge is 0.491 e. The smallest absolute Gasteiger partial charge is 0.339 e. The molecule has 110 valence electrons. The molecule has 0 amide bonds. The lowest BCUT2D eigenvalue weighted by Gasteiger charge is -2.32. The van der Waals surface area contributed by atoms with Crippen molar-refractivity contribution in [3.63, 3.8) is 0 Å². The van der Waals surface area contributed by atoms with Crippen molar-refractivity contribution in [3.05, 3.63) is 29.3 Å². The standard InChI is InChI=1S/C15H22N2O3/c1-12-3-4-13(15(18)19)14(11-12)20-10-9-17-7-5-16(2)6-8-17/h3-4,11H,5-10H2,1-2H3,(H,18,19). The average Bonchev–Trinajstić information content (AvgIpc) is 2.41. The van der Waals surface area contributed by atoms with Gasteiger partial charge in [-0.1, -0.05) is 6.07 Å². The Labute approximate surface area is 119 Å². The van der Waals surface area contributed by atoms with E-state index in [1.807, 2.05) is 6.92 Å². The van der Waals surface area contributed by atoms with Crippen LogP contribution >= 0.6 is 0 Å². The van der Waals surface area contributed by atoms with Crippen molar-refractivity contribution < 1.29 is 14.6 Å². The van der Waals surface area contributed by atoms with Gasteiger partial charge in [0.15, 0.2) is 0 Å². The molecule has 1 aromatic rings. The molecule has 5 nitrogen and oxygen atoms in total. The third-order valence-corrected chi connectivity index (χ3v) is 3.63. The molecule has 1 aliphatic rings. The monoisotopic (exact) mass is 278 g/mol. The average molecular weight is 278 g/mol. The van der Waals surface area contributed by atoms with E-state index in [-0.39, 0.29) is 5.56 Å². The first-order valence-electron chi connectivity index (χ1n) is 6.94. The molecule has 0 radical (unpaired) electrons. The van der Waals surface area contributed by atoms with Gasteiger partial charge in [-0.3, -0.25) is 4.90 Å². The van der Waals surface area contributed by atoms with Crippen molar-refractivity contribution in [3.8, 4) is 5.75 Å². The zero-order valence-electron chi connectivity index (χ0n) is 12.1. The van der Waals surface area contributed by atoms with Gasteiger partial charge < -0.3 is 14.7 Å². The second kappa shape index (κ2) is 6.72. The summed E-state index contributed by atoms with van der Waals surface area (Å²) in [6.07, 6.45) is 0. The predicted octanol–water partition coefficient (Wildman–Crippen LogP) is 1.32. The van der Waals surface area contributed by atoms with E-state index in [9.17, 15) is 4.79 Å². The number of aryl methyl sites for hydroxylation is 1. The highest BCUT2D eigenvalue weighted by atomic mass is 16.5. The fourth-order valence-electron chi connectivity index (χ4n) is 2.28. The number of hydrogen-bond acceptors (Lipinski definition) is 4. The van der Waals surface area contributed by atoms with Gasteiger partial charge in [-0.25, -0.2) is 4.79 Å². The van der Waals surface area contributed by atoms with Crippen molar-refractivity contribution in [1.82, 2.24) is 9.80 Å². The summed E-state index contributed by atoms with van der Waals surface area (Å²) >= 11 is 0. The zero-order valence-corrected chi connectivity index (χ0v) is 12.1. The summed E-state index contributed by atoms with van der Waals surface area (Å²) in [5.41, 5.74) is 1.23. The Kier molecular flexibility index (Phi) is 4.98. The normalized spacial score (nSPS) is 17.1. The van der Waals surface area contributed by atoms with Crippen LogP contribution in [0.2, 0.25) is 0 Å². The SMILES string of the molecule is Cc1ccc(C(=O)O)c(OCCN2CCN(C)CC2)c1. The number of rotatable bonds is 5. The van der Waals surface area contributed by atoms with E-state index in [0.29, 0.717) is 12.4 Å². The number of carboxylic acid groups (broad SMARTS) is 1. The molecular formula is C15H22N2O3. The van der Waals surface area contributed by atoms with E-state index in [1.54, 1.807) is 18.2 Å². The molecule has 0 aliphatic carbocycles. The van der Waals surface area contributed by atoms with E-state index in [0.717, 1.165) is 38.3 Å². The predicted molar refractivity (Wildman–Crippen MR) is 77.6 cm³/mol. The number of carboxylic acids is 1. The molecule has 0 atom stereocenters.